The summed E-state index contributed by atoms with van der Waals surface area (Å²) in [6, 6.07) is 0.390. The molecule has 3 heteroatoms. The fourth-order valence-electron chi connectivity index (χ4n) is 6.39. The number of amides is 1. The fourth-order valence-corrected chi connectivity index (χ4v) is 6.39. The topological polar surface area (TPSA) is 46.3 Å². The SMILES string of the molecule is CN(CC1CC(N)C1)C(=O)CC12CC3CC(CC(C3)C1)C2. The van der Waals surface area contributed by atoms with Crippen LogP contribution in [0.15, 0.2) is 0 Å². The van der Waals surface area contributed by atoms with Gasteiger partial charge < -0.3 is 10.6 Å². The van der Waals surface area contributed by atoms with Gasteiger partial charge in [0.25, 0.3) is 0 Å². The summed E-state index contributed by atoms with van der Waals surface area (Å²) in [4.78, 5) is 14.7. The highest BCUT2D eigenvalue weighted by molar-refractivity contribution is 5.76. The molecule has 4 bridgehead atoms. The van der Waals surface area contributed by atoms with E-state index >= 15 is 0 Å². The molecule has 0 heterocycles. The van der Waals surface area contributed by atoms with Crippen molar-refractivity contribution in [2.24, 2.45) is 34.8 Å². The third-order valence-electron chi connectivity index (χ3n) is 6.92. The Morgan fingerprint density at radius 1 is 1.05 bits per heavy atom. The highest BCUT2D eigenvalue weighted by Crippen LogP contribution is 2.61. The summed E-state index contributed by atoms with van der Waals surface area (Å²) in [6.45, 7) is 0.929. The Balaban J connectivity index is 1.35. The minimum absolute atomic E-state index is 0.385. The summed E-state index contributed by atoms with van der Waals surface area (Å²) in [6.07, 6.45) is 11.4. The lowest BCUT2D eigenvalue weighted by atomic mass is 9.49. The normalized spacial score (nSPS) is 47.2. The lowest BCUT2D eigenvalue weighted by molar-refractivity contribution is -0.139. The molecule has 0 aromatic rings. The van der Waals surface area contributed by atoms with Crippen LogP contribution in [0.5, 0.6) is 0 Å². The van der Waals surface area contributed by atoms with E-state index in [1.807, 2.05) is 11.9 Å². The average molecular weight is 290 g/mol. The molecule has 5 aliphatic carbocycles. The van der Waals surface area contributed by atoms with E-state index < -0.39 is 0 Å². The van der Waals surface area contributed by atoms with Crippen LogP contribution in [0.2, 0.25) is 0 Å². The predicted molar refractivity (Wildman–Crippen MR) is 83.6 cm³/mol. The number of nitrogens with zero attached hydrogens (tertiary/aromatic N) is 1. The first kappa shape index (κ1) is 14.0. The monoisotopic (exact) mass is 290 g/mol. The van der Waals surface area contributed by atoms with Crippen LogP contribution in [0.4, 0.5) is 0 Å². The molecule has 0 aliphatic heterocycles. The van der Waals surface area contributed by atoms with E-state index in [2.05, 4.69) is 0 Å². The second-order valence-corrected chi connectivity index (χ2v) is 8.97. The van der Waals surface area contributed by atoms with Crippen molar-refractivity contribution in [3.63, 3.8) is 0 Å². The van der Waals surface area contributed by atoms with Gasteiger partial charge in [-0.1, -0.05) is 0 Å². The summed E-state index contributed by atoms with van der Waals surface area (Å²) in [5, 5.41) is 0. The Labute approximate surface area is 128 Å². The third kappa shape index (κ3) is 2.62. The van der Waals surface area contributed by atoms with Crippen molar-refractivity contribution in [2.45, 2.75) is 63.8 Å². The molecule has 0 atom stereocenters. The molecule has 0 radical (unpaired) electrons. The first-order valence-corrected chi connectivity index (χ1v) is 9.01. The molecule has 0 aromatic heterocycles. The van der Waals surface area contributed by atoms with Crippen LogP contribution in [0.25, 0.3) is 0 Å². The lowest BCUT2D eigenvalue weighted by Gasteiger charge is -2.57. The van der Waals surface area contributed by atoms with Crippen LogP contribution in [0.1, 0.15) is 57.8 Å². The summed E-state index contributed by atoms with van der Waals surface area (Å²) >= 11 is 0. The number of hydrogen-bond donors (Lipinski definition) is 1. The van der Waals surface area contributed by atoms with E-state index in [-0.39, 0.29) is 0 Å². The van der Waals surface area contributed by atoms with Crippen LogP contribution < -0.4 is 5.73 Å². The van der Waals surface area contributed by atoms with Crippen molar-refractivity contribution in [3.8, 4) is 0 Å². The molecule has 118 valence electrons. The molecule has 5 saturated carbocycles. The molecule has 5 aliphatic rings. The van der Waals surface area contributed by atoms with Crippen LogP contribution >= 0.6 is 0 Å². The van der Waals surface area contributed by atoms with Gasteiger partial charge in [-0.25, -0.2) is 0 Å². The highest BCUT2D eigenvalue weighted by atomic mass is 16.2. The highest BCUT2D eigenvalue weighted by Gasteiger charge is 2.51. The second kappa shape index (κ2) is 4.97. The summed E-state index contributed by atoms with van der Waals surface area (Å²) in [5.41, 5.74) is 6.24. The first-order chi connectivity index (χ1) is 10.0. The Morgan fingerprint density at radius 2 is 1.57 bits per heavy atom. The van der Waals surface area contributed by atoms with Crippen molar-refractivity contribution in [3.05, 3.63) is 0 Å². The molecule has 2 N–H and O–H groups in total. The largest absolute Gasteiger partial charge is 0.345 e. The van der Waals surface area contributed by atoms with Crippen molar-refractivity contribution in [1.82, 2.24) is 4.90 Å². The van der Waals surface area contributed by atoms with Gasteiger partial charge in [-0.2, -0.15) is 0 Å². The van der Waals surface area contributed by atoms with Gasteiger partial charge >= 0.3 is 0 Å². The van der Waals surface area contributed by atoms with Gasteiger partial charge in [0, 0.05) is 26.1 Å². The summed E-state index contributed by atoms with van der Waals surface area (Å²) in [5.74, 6) is 3.89. The van der Waals surface area contributed by atoms with E-state index in [1.165, 1.54) is 38.5 Å². The number of rotatable bonds is 4. The van der Waals surface area contributed by atoms with Gasteiger partial charge in [0.15, 0.2) is 0 Å². The average Bonchev–Trinajstić information content (AvgIpc) is 2.34. The quantitative estimate of drug-likeness (QED) is 0.865. The van der Waals surface area contributed by atoms with Crippen molar-refractivity contribution in [2.75, 3.05) is 13.6 Å². The van der Waals surface area contributed by atoms with Gasteiger partial charge in [-0.05, 0) is 80.5 Å². The second-order valence-electron chi connectivity index (χ2n) is 8.97. The number of carbonyl (C=O) groups is 1. The maximum absolute atomic E-state index is 12.7. The van der Waals surface area contributed by atoms with Crippen LogP contribution in [-0.2, 0) is 4.79 Å². The maximum atomic E-state index is 12.7. The molecule has 0 saturated heterocycles. The molecule has 0 spiro atoms. The van der Waals surface area contributed by atoms with Crippen molar-refractivity contribution >= 4 is 5.91 Å². The molecule has 5 fully saturated rings. The zero-order valence-electron chi connectivity index (χ0n) is 13.4. The van der Waals surface area contributed by atoms with E-state index in [4.69, 9.17) is 5.73 Å². The Kier molecular flexibility index (Phi) is 3.33. The van der Waals surface area contributed by atoms with Gasteiger partial charge in [-0.3, -0.25) is 4.79 Å². The minimum Gasteiger partial charge on any atom is -0.345 e. The molecule has 3 nitrogen and oxygen atoms in total. The van der Waals surface area contributed by atoms with E-state index in [0.717, 1.165) is 43.6 Å². The molecular formula is C18H30N2O. The number of nitrogens with two attached hydrogens (primary N) is 1. The van der Waals surface area contributed by atoms with Gasteiger partial charge in [0.05, 0.1) is 0 Å². The van der Waals surface area contributed by atoms with Gasteiger partial charge in [-0.15, -0.1) is 0 Å². The Hall–Kier alpha value is -0.570. The molecular weight excluding hydrogens is 260 g/mol. The van der Waals surface area contributed by atoms with Crippen LogP contribution in [-0.4, -0.2) is 30.4 Å². The minimum atomic E-state index is 0.385. The van der Waals surface area contributed by atoms with E-state index in [0.29, 0.717) is 23.3 Å². The smallest absolute Gasteiger partial charge is 0.222 e. The number of hydrogen-bond acceptors (Lipinski definition) is 2. The Bertz CT molecular complexity index is 392. The van der Waals surface area contributed by atoms with Gasteiger partial charge in [0.1, 0.15) is 0 Å². The van der Waals surface area contributed by atoms with Crippen LogP contribution in [0, 0.1) is 29.1 Å². The van der Waals surface area contributed by atoms with E-state index in [9.17, 15) is 4.79 Å². The molecule has 0 aromatic carbocycles. The van der Waals surface area contributed by atoms with Crippen molar-refractivity contribution < 1.29 is 4.79 Å². The summed E-state index contributed by atoms with van der Waals surface area (Å²) < 4.78 is 0. The predicted octanol–water partition coefficient (Wildman–Crippen LogP) is 2.79. The fraction of sp³-hybridized carbons (Fsp3) is 0.944. The molecule has 0 unspecified atom stereocenters. The van der Waals surface area contributed by atoms with Crippen LogP contribution in [0.3, 0.4) is 0 Å². The Morgan fingerprint density at radius 3 is 2.05 bits per heavy atom. The maximum Gasteiger partial charge on any atom is 0.222 e. The number of carbonyl (C=O) groups excluding carboxylic acids is 1. The first-order valence-electron chi connectivity index (χ1n) is 9.01. The standard InChI is InChI=1S/C18H30N2O/c1-20(11-15-5-16(19)6-15)17(21)10-18-7-12-2-13(8-18)4-14(3-12)9-18/h12-16H,2-11,19H2,1H3. The third-order valence-corrected chi connectivity index (χ3v) is 6.92. The van der Waals surface area contributed by atoms with Crippen molar-refractivity contribution in [1.29, 1.82) is 0 Å². The molecule has 21 heavy (non-hydrogen) atoms. The lowest BCUT2D eigenvalue weighted by Crippen LogP contribution is -2.49. The van der Waals surface area contributed by atoms with Gasteiger partial charge in [0.2, 0.25) is 5.91 Å². The zero-order chi connectivity index (χ0) is 14.6. The zero-order valence-corrected chi connectivity index (χ0v) is 13.4. The summed E-state index contributed by atoms with van der Waals surface area (Å²) in [7, 11) is 2.01. The van der Waals surface area contributed by atoms with E-state index in [1.54, 1.807) is 0 Å². The molecule has 1 amide bonds. The molecule has 5 rings (SSSR count).